The zero-order chi connectivity index (χ0) is 11.4. The molecular weight excluding hydrogens is 218 g/mol. The molecule has 2 aromatic rings. The summed E-state index contributed by atoms with van der Waals surface area (Å²) in [6.07, 6.45) is 1.80. The minimum Gasteiger partial charge on any atom is -0.355 e. The molecule has 0 amide bonds. The molecule has 4 heteroatoms. The topological polar surface area (TPSA) is 50.9 Å². The van der Waals surface area contributed by atoms with Crippen LogP contribution in [-0.2, 0) is 6.54 Å². The van der Waals surface area contributed by atoms with Crippen LogP contribution in [0.2, 0.25) is 0 Å². The summed E-state index contributed by atoms with van der Waals surface area (Å²) in [6, 6.07) is 8.60. The van der Waals surface area contributed by atoms with Gasteiger partial charge in [-0.2, -0.15) is 0 Å². The quantitative estimate of drug-likeness (QED) is 0.853. The highest BCUT2D eigenvalue weighted by atomic mass is 32.1. The summed E-state index contributed by atoms with van der Waals surface area (Å²) in [7, 11) is 0. The molecule has 1 unspecified atom stereocenters. The Bertz CT molecular complexity index is 422. The third-order valence-corrected chi connectivity index (χ3v) is 3.19. The molecule has 0 aliphatic heterocycles. The second kappa shape index (κ2) is 5.09. The van der Waals surface area contributed by atoms with Crippen molar-refractivity contribution in [2.75, 3.05) is 5.32 Å². The zero-order valence-electron chi connectivity index (χ0n) is 9.18. The smallest absolute Gasteiger partial charge is 0.183 e. The van der Waals surface area contributed by atoms with E-state index in [1.807, 2.05) is 5.38 Å². The largest absolute Gasteiger partial charge is 0.355 e. The Morgan fingerprint density at radius 2 is 2.12 bits per heavy atom. The molecule has 16 heavy (non-hydrogen) atoms. The van der Waals surface area contributed by atoms with E-state index in [0.29, 0.717) is 6.54 Å². The Kier molecular flexibility index (Phi) is 3.54. The van der Waals surface area contributed by atoms with Gasteiger partial charge >= 0.3 is 0 Å². The number of anilines is 1. The van der Waals surface area contributed by atoms with E-state index >= 15 is 0 Å². The lowest BCUT2D eigenvalue weighted by molar-refractivity contribution is 0.879. The van der Waals surface area contributed by atoms with Crippen LogP contribution in [0.3, 0.4) is 0 Å². The summed E-state index contributed by atoms with van der Waals surface area (Å²) < 4.78 is 0. The molecule has 0 radical (unpaired) electrons. The average Bonchev–Trinajstić information content (AvgIpc) is 2.82. The van der Waals surface area contributed by atoms with Crippen molar-refractivity contribution in [3.05, 3.63) is 47.0 Å². The summed E-state index contributed by atoms with van der Waals surface area (Å²) in [6.45, 7) is 2.72. The van der Waals surface area contributed by atoms with Gasteiger partial charge in [-0.1, -0.05) is 24.3 Å². The molecule has 2 rings (SSSR count). The van der Waals surface area contributed by atoms with Gasteiger partial charge in [0.25, 0.3) is 0 Å². The number of rotatable bonds is 4. The molecule has 0 saturated carbocycles. The van der Waals surface area contributed by atoms with Crippen LogP contribution in [0.1, 0.15) is 24.1 Å². The Morgan fingerprint density at radius 1 is 1.38 bits per heavy atom. The van der Waals surface area contributed by atoms with Crippen molar-refractivity contribution in [1.82, 2.24) is 4.98 Å². The Hall–Kier alpha value is -1.39. The van der Waals surface area contributed by atoms with Crippen LogP contribution in [0, 0.1) is 0 Å². The molecule has 0 fully saturated rings. The molecule has 3 nitrogen and oxygen atoms in total. The SMILES string of the molecule is CC(Nc1nccs1)c1ccc(CN)cc1. The van der Waals surface area contributed by atoms with Gasteiger partial charge in [0.1, 0.15) is 0 Å². The van der Waals surface area contributed by atoms with E-state index in [9.17, 15) is 0 Å². The second-order valence-electron chi connectivity index (χ2n) is 3.65. The number of hydrogen-bond donors (Lipinski definition) is 2. The van der Waals surface area contributed by atoms with Gasteiger partial charge in [0, 0.05) is 18.1 Å². The van der Waals surface area contributed by atoms with Gasteiger partial charge in [0.15, 0.2) is 5.13 Å². The number of nitrogens with zero attached hydrogens (tertiary/aromatic N) is 1. The van der Waals surface area contributed by atoms with E-state index in [0.717, 1.165) is 10.7 Å². The molecule has 1 aromatic heterocycles. The Balaban J connectivity index is 2.05. The molecule has 1 aromatic carbocycles. The van der Waals surface area contributed by atoms with Crippen LogP contribution in [0.25, 0.3) is 0 Å². The maximum atomic E-state index is 5.56. The second-order valence-corrected chi connectivity index (χ2v) is 4.54. The fourth-order valence-corrected chi connectivity index (χ4v) is 2.12. The molecule has 0 saturated heterocycles. The molecular formula is C12H15N3S. The van der Waals surface area contributed by atoms with Gasteiger partial charge in [0.2, 0.25) is 0 Å². The maximum Gasteiger partial charge on any atom is 0.183 e. The van der Waals surface area contributed by atoms with E-state index in [-0.39, 0.29) is 6.04 Å². The predicted molar refractivity (Wildman–Crippen MR) is 68.5 cm³/mol. The van der Waals surface area contributed by atoms with E-state index < -0.39 is 0 Å². The highest BCUT2D eigenvalue weighted by molar-refractivity contribution is 7.13. The van der Waals surface area contributed by atoms with Crippen molar-refractivity contribution < 1.29 is 0 Å². The van der Waals surface area contributed by atoms with Gasteiger partial charge < -0.3 is 11.1 Å². The molecule has 0 aliphatic carbocycles. The van der Waals surface area contributed by atoms with Crippen molar-refractivity contribution in [1.29, 1.82) is 0 Å². The fourth-order valence-electron chi connectivity index (χ4n) is 1.51. The van der Waals surface area contributed by atoms with Crippen LogP contribution >= 0.6 is 11.3 Å². The summed E-state index contributed by atoms with van der Waals surface area (Å²) in [5, 5.41) is 6.27. The van der Waals surface area contributed by atoms with Crippen LogP contribution in [0.5, 0.6) is 0 Å². The normalized spacial score (nSPS) is 12.4. The van der Waals surface area contributed by atoms with Crippen LogP contribution in [0.15, 0.2) is 35.8 Å². The summed E-state index contributed by atoms with van der Waals surface area (Å²) >= 11 is 1.61. The van der Waals surface area contributed by atoms with Gasteiger partial charge in [-0.25, -0.2) is 4.98 Å². The van der Waals surface area contributed by atoms with Crippen LogP contribution < -0.4 is 11.1 Å². The molecule has 84 valence electrons. The van der Waals surface area contributed by atoms with Gasteiger partial charge in [-0.15, -0.1) is 11.3 Å². The lowest BCUT2D eigenvalue weighted by Crippen LogP contribution is -2.06. The van der Waals surface area contributed by atoms with Crippen LogP contribution in [0.4, 0.5) is 5.13 Å². The number of benzene rings is 1. The lowest BCUT2D eigenvalue weighted by atomic mass is 10.1. The van der Waals surface area contributed by atoms with Gasteiger partial charge in [0.05, 0.1) is 6.04 Å². The fraction of sp³-hybridized carbons (Fsp3) is 0.250. The monoisotopic (exact) mass is 233 g/mol. The lowest BCUT2D eigenvalue weighted by Gasteiger charge is -2.13. The zero-order valence-corrected chi connectivity index (χ0v) is 10.00. The highest BCUT2D eigenvalue weighted by Gasteiger charge is 2.05. The first-order valence-electron chi connectivity index (χ1n) is 5.24. The number of thiazole rings is 1. The van der Waals surface area contributed by atoms with Crippen molar-refractivity contribution in [3.63, 3.8) is 0 Å². The van der Waals surface area contributed by atoms with Crippen LogP contribution in [-0.4, -0.2) is 4.98 Å². The average molecular weight is 233 g/mol. The molecule has 0 aliphatic rings. The minimum atomic E-state index is 0.262. The maximum absolute atomic E-state index is 5.56. The van der Waals surface area contributed by atoms with E-state index in [4.69, 9.17) is 5.73 Å². The van der Waals surface area contributed by atoms with Gasteiger partial charge in [-0.3, -0.25) is 0 Å². The number of nitrogens with two attached hydrogens (primary N) is 1. The summed E-state index contributed by atoms with van der Waals surface area (Å²) in [5.74, 6) is 0. The summed E-state index contributed by atoms with van der Waals surface area (Å²) in [5.41, 5.74) is 7.96. The minimum absolute atomic E-state index is 0.262. The number of nitrogens with one attached hydrogen (secondary N) is 1. The Labute approximate surface area is 99.3 Å². The number of aromatic nitrogens is 1. The molecule has 1 heterocycles. The first-order valence-corrected chi connectivity index (χ1v) is 6.12. The van der Waals surface area contributed by atoms with E-state index in [1.165, 1.54) is 5.56 Å². The van der Waals surface area contributed by atoms with E-state index in [2.05, 4.69) is 41.5 Å². The van der Waals surface area contributed by atoms with Crippen molar-refractivity contribution in [3.8, 4) is 0 Å². The van der Waals surface area contributed by atoms with Crippen molar-refractivity contribution >= 4 is 16.5 Å². The first kappa shape index (κ1) is 11.1. The predicted octanol–water partition coefficient (Wildman–Crippen LogP) is 2.77. The van der Waals surface area contributed by atoms with E-state index in [1.54, 1.807) is 17.5 Å². The number of hydrogen-bond acceptors (Lipinski definition) is 4. The third kappa shape index (κ3) is 2.59. The molecule has 0 spiro atoms. The summed E-state index contributed by atoms with van der Waals surface area (Å²) in [4.78, 5) is 4.20. The van der Waals surface area contributed by atoms with Crippen molar-refractivity contribution in [2.45, 2.75) is 19.5 Å². The standard InChI is InChI=1S/C12H15N3S/c1-9(15-12-14-6-7-16-12)11-4-2-10(8-13)3-5-11/h2-7,9H,8,13H2,1H3,(H,14,15). The van der Waals surface area contributed by atoms with Gasteiger partial charge in [-0.05, 0) is 18.1 Å². The molecule has 1 atom stereocenters. The Morgan fingerprint density at radius 3 is 2.69 bits per heavy atom. The third-order valence-electron chi connectivity index (χ3n) is 2.49. The molecule has 0 bridgehead atoms. The first-order chi connectivity index (χ1) is 7.79. The molecule has 3 N–H and O–H groups in total. The van der Waals surface area contributed by atoms with Crippen molar-refractivity contribution in [2.24, 2.45) is 5.73 Å². The highest BCUT2D eigenvalue weighted by Crippen LogP contribution is 2.20.